The Morgan fingerprint density at radius 3 is 2.44 bits per heavy atom. The molecule has 130 valence electrons. The van der Waals surface area contributed by atoms with Crippen LogP contribution in [0, 0.1) is 5.82 Å². The summed E-state index contributed by atoms with van der Waals surface area (Å²) in [5.74, 6) is -0.261. The van der Waals surface area contributed by atoms with Gasteiger partial charge in [-0.3, -0.25) is 0 Å². The molecule has 3 aromatic rings. The molecule has 25 heavy (non-hydrogen) atoms. The van der Waals surface area contributed by atoms with Crippen molar-refractivity contribution in [2.75, 3.05) is 11.6 Å². The average molecular weight is 376 g/mol. The van der Waals surface area contributed by atoms with Crippen molar-refractivity contribution < 1.29 is 12.8 Å². The van der Waals surface area contributed by atoms with Crippen LogP contribution < -0.4 is 5.32 Å². The van der Waals surface area contributed by atoms with Crippen molar-refractivity contribution >= 4 is 26.3 Å². The van der Waals surface area contributed by atoms with Crippen LogP contribution in [0.1, 0.15) is 11.1 Å². The van der Waals surface area contributed by atoms with Crippen LogP contribution in [0.3, 0.4) is 0 Å². The lowest BCUT2D eigenvalue weighted by Gasteiger charge is -2.09. The molecule has 1 N–H and O–H groups in total. The first kappa shape index (κ1) is 17.6. The standard InChI is InChI=1S/C18H17FN2O2S2/c1-25(22,23)12-15-5-3-2-4-14(15)10-20-18-21-17(11-24-18)13-6-8-16(19)9-7-13/h2-9,11H,10,12H2,1H3,(H,20,21). The van der Waals surface area contributed by atoms with Gasteiger partial charge in [0.2, 0.25) is 0 Å². The van der Waals surface area contributed by atoms with E-state index in [1.165, 1.54) is 29.7 Å². The molecular weight excluding hydrogens is 359 g/mol. The lowest BCUT2D eigenvalue weighted by molar-refractivity contribution is 0.601. The molecule has 0 saturated heterocycles. The monoisotopic (exact) mass is 376 g/mol. The Morgan fingerprint density at radius 2 is 1.76 bits per heavy atom. The van der Waals surface area contributed by atoms with Gasteiger partial charge in [-0.2, -0.15) is 0 Å². The average Bonchev–Trinajstić information content (AvgIpc) is 3.02. The van der Waals surface area contributed by atoms with E-state index in [0.717, 1.165) is 27.5 Å². The summed E-state index contributed by atoms with van der Waals surface area (Å²) >= 11 is 1.45. The van der Waals surface area contributed by atoms with E-state index < -0.39 is 9.84 Å². The number of sulfone groups is 1. The third-order valence-electron chi connectivity index (χ3n) is 3.61. The van der Waals surface area contributed by atoms with Crippen molar-refractivity contribution in [3.05, 3.63) is 70.9 Å². The van der Waals surface area contributed by atoms with Gasteiger partial charge in [0.15, 0.2) is 15.0 Å². The lowest BCUT2D eigenvalue weighted by Crippen LogP contribution is -2.07. The van der Waals surface area contributed by atoms with E-state index in [4.69, 9.17) is 0 Å². The van der Waals surface area contributed by atoms with E-state index in [1.54, 1.807) is 12.1 Å². The van der Waals surface area contributed by atoms with E-state index >= 15 is 0 Å². The van der Waals surface area contributed by atoms with Crippen LogP contribution in [0.25, 0.3) is 11.3 Å². The zero-order chi connectivity index (χ0) is 17.9. The minimum Gasteiger partial charge on any atom is -0.357 e. The van der Waals surface area contributed by atoms with E-state index in [2.05, 4.69) is 10.3 Å². The number of aromatic nitrogens is 1. The number of rotatable bonds is 6. The molecule has 0 bridgehead atoms. The predicted molar refractivity (Wildman–Crippen MR) is 99.8 cm³/mol. The molecule has 0 fully saturated rings. The minimum absolute atomic E-state index is 0.0174. The Morgan fingerprint density at radius 1 is 1.08 bits per heavy atom. The highest BCUT2D eigenvalue weighted by Gasteiger charge is 2.10. The molecule has 3 rings (SSSR count). The van der Waals surface area contributed by atoms with Gasteiger partial charge in [-0.05, 0) is 35.4 Å². The molecule has 7 heteroatoms. The normalized spacial score (nSPS) is 11.4. The summed E-state index contributed by atoms with van der Waals surface area (Å²) in [5, 5.41) is 5.86. The van der Waals surface area contributed by atoms with Gasteiger partial charge >= 0.3 is 0 Å². The van der Waals surface area contributed by atoms with Gasteiger partial charge in [-0.25, -0.2) is 17.8 Å². The second-order valence-corrected chi connectivity index (χ2v) is 8.74. The van der Waals surface area contributed by atoms with Gasteiger partial charge in [-0.1, -0.05) is 24.3 Å². The van der Waals surface area contributed by atoms with Gasteiger partial charge in [0, 0.05) is 23.7 Å². The minimum atomic E-state index is -3.09. The summed E-state index contributed by atoms with van der Waals surface area (Å²) in [6.45, 7) is 0.488. The second-order valence-electron chi connectivity index (χ2n) is 5.74. The highest BCUT2D eigenvalue weighted by molar-refractivity contribution is 7.89. The van der Waals surface area contributed by atoms with Gasteiger partial charge in [0.05, 0.1) is 11.4 Å². The molecule has 1 aromatic heterocycles. The molecule has 2 aromatic carbocycles. The van der Waals surface area contributed by atoms with E-state index in [0.29, 0.717) is 6.54 Å². The maximum absolute atomic E-state index is 13.0. The Balaban J connectivity index is 1.72. The molecule has 0 spiro atoms. The van der Waals surface area contributed by atoms with Gasteiger partial charge < -0.3 is 5.32 Å². The zero-order valence-electron chi connectivity index (χ0n) is 13.6. The molecule has 0 saturated carbocycles. The second kappa shape index (κ2) is 7.33. The summed E-state index contributed by atoms with van der Waals surface area (Å²) in [6, 6.07) is 13.6. The number of thiazole rings is 1. The highest BCUT2D eigenvalue weighted by atomic mass is 32.2. The molecule has 0 atom stereocenters. The predicted octanol–water partition coefficient (Wildman–Crippen LogP) is 4.11. The van der Waals surface area contributed by atoms with Crippen molar-refractivity contribution in [3.63, 3.8) is 0 Å². The van der Waals surface area contributed by atoms with Gasteiger partial charge in [-0.15, -0.1) is 11.3 Å². The van der Waals surface area contributed by atoms with Crippen molar-refractivity contribution in [2.24, 2.45) is 0 Å². The molecule has 1 heterocycles. The molecule has 0 amide bonds. The van der Waals surface area contributed by atoms with Crippen LogP contribution in [0.15, 0.2) is 53.9 Å². The van der Waals surface area contributed by atoms with Crippen LogP contribution in [0.2, 0.25) is 0 Å². The number of halogens is 1. The zero-order valence-corrected chi connectivity index (χ0v) is 15.2. The smallest absolute Gasteiger partial charge is 0.183 e. The summed E-state index contributed by atoms with van der Waals surface area (Å²) in [4.78, 5) is 4.50. The Hall–Kier alpha value is -2.25. The van der Waals surface area contributed by atoms with Crippen molar-refractivity contribution in [3.8, 4) is 11.3 Å². The van der Waals surface area contributed by atoms with E-state index in [-0.39, 0.29) is 11.6 Å². The summed E-state index contributed by atoms with van der Waals surface area (Å²) < 4.78 is 36.1. The Labute approximate surface area is 150 Å². The van der Waals surface area contributed by atoms with Crippen molar-refractivity contribution in [2.45, 2.75) is 12.3 Å². The summed E-state index contributed by atoms with van der Waals surface area (Å²) in [6.07, 6.45) is 1.23. The summed E-state index contributed by atoms with van der Waals surface area (Å²) in [5.41, 5.74) is 3.33. The SMILES string of the molecule is CS(=O)(=O)Cc1ccccc1CNc1nc(-c2ccc(F)cc2)cs1. The van der Waals surface area contributed by atoms with Gasteiger partial charge in [0.1, 0.15) is 5.82 Å². The quantitative estimate of drug-likeness (QED) is 0.703. The van der Waals surface area contributed by atoms with Crippen molar-refractivity contribution in [1.29, 1.82) is 0 Å². The molecule has 0 unspecified atom stereocenters. The topological polar surface area (TPSA) is 59.1 Å². The first-order valence-electron chi connectivity index (χ1n) is 7.60. The largest absolute Gasteiger partial charge is 0.357 e. The highest BCUT2D eigenvalue weighted by Crippen LogP contribution is 2.25. The third kappa shape index (κ3) is 4.87. The fourth-order valence-electron chi connectivity index (χ4n) is 2.43. The molecule has 0 radical (unpaired) electrons. The van der Waals surface area contributed by atoms with Crippen LogP contribution >= 0.6 is 11.3 Å². The maximum Gasteiger partial charge on any atom is 0.183 e. The van der Waals surface area contributed by atoms with Crippen LogP contribution in [-0.2, 0) is 22.1 Å². The number of hydrogen-bond donors (Lipinski definition) is 1. The number of anilines is 1. The number of nitrogens with zero attached hydrogens (tertiary/aromatic N) is 1. The molecule has 4 nitrogen and oxygen atoms in total. The maximum atomic E-state index is 13.0. The van der Waals surface area contributed by atoms with Crippen molar-refractivity contribution in [1.82, 2.24) is 4.98 Å². The van der Waals surface area contributed by atoms with Crippen LogP contribution in [0.4, 0.5) is 9.52 Å². The first-order chi connectivity index (χ1) is 11.9. The van der Waals surface area contributed by atoms with Crippen LogP contribution in [-0.4, -0.2) is 19.7 Å². The Bertz CT molecular complexity index is 967. The van der Waals surface area contributed by atoms with E-state index in [9.17, 15) is 12.8 Å². The summed E-state index contributed by atoms with van der Waals surface area (Å²) in [7, 11) is -3.09. The number of hydrogen-bond acceptors (Lipinski definition) is 5. The molecule has 0 aliphatic heterocycles. The molecule has 0 aliphatic carbocycles. The third-order valence-corrected chi connectivity index (χ3v) is 5.25. The number of nitrogens with one attached hydrogen (secondary N) is 1. The first-order valence-corrected chi connectivity index (χ1v) is 10.5. The van der Waals surface area contributed by atoms with Gasteiger partial charge in [0.25, 0.3) is 0 Å². The fraction of sp³-hybridized carbons (Fsp3) is 0.167. The van der Waals surface area contributed by atoms with Crippen LogP contribution in [0.5, 0.6) is 0 Å². The number of benzene rings is 2. The Kier molecular flexibility index (Phi) is 5.15. The fourth-order valence-corrected chi connectivity index (χ4v) is 4.00. The molecule has 0 aliphatic rings. The van der Waals surface area contributed by atoms with E-state index in [1.807, 2.05) is 29.6 Å². The molecular formula is C18H17FN2O2S2. The lowest BCUT2D eigenvalue weighted by atomic mass is 10.1.